The summed E-state index contributed by atoms with van der Waals surface area (Å²) in [6.45, 7) is 5.52. The van der Waals surface area contributed by atoms with E-state index < -0.39 is 10.8 Å². The van der Waals surface area contributed by atoms with E-state index in [2.05, 4.69) is 11.8 Å². The predicted molar refractivity (Wildman–Crippen MR) is 49.2 cm³/mol. The van der Waals surface area contributed by atoms with Crippen molar-refractivity contribution in [3.8, 4) is 0 Å². The van der Waals surface area contributed by atoms with Gasteiger partial charge in [0.15, 0.2) is 0 Å². The Labute approximate surface area is 71.4 Å². The lowest BCUT2D eigenvalue weighted by atomic mass is 10.2. The Bertz CT molecular complexity index is 143. The molecule has 0 aromatic carbocycles. The molecule has 3 heteroatoms. The van der Waals surface area contributed by atoms with Crippen molar-refractivity contribution < 1.29 is 4.21 Å². The van der Waals surface area contributed by atoms with Crippen LogP contribution in [-0.2, 0) is 10.8 Å². The summed E-state index contributed by atoms with van der Waals surface area (Å²) < 4.78 is 10.9. The number of rotatable bonds is 4. The minimum atomic E-state index is -0.591. The highest BCUT2D eigenvalue weighted by Gasteiger charge is 2.28. The molecule has 0 spiro atoms. The fourth-order valence-corrected chi connectivity index (χ4v) is 2.14. The summed E-state index contributed by atoms with van der Waals surface area (Å²) >= 11 is 0. The van der Waals surface area contributed by atoms with Crippen molar-refractivity contribution in [1.29, 1.82) is 0 Å². The van der Waals surface area contributed by atoms with Crippen molar-refractivity contribution in [2.75, 3.05) is 25.9 Å². The minimum Gasteiger partial charge on any atom is -0.301 e. The first-order valence-electron chi connectivity index (χ1n) is 4.28. The zero-order chi connectivity index (χ0) is 8.27. The maximum absolute atomic E-state index is 10.9. The first-order chi connectivity index (χ1) is 5.24. The molecule has 2 nitrogen and oxygen atoms in total. The van der Waals surface area contributed by atoms with Gasteiger partial charge in [-0.25, -0.2) is 0 Å². The number of nitrogens with zero attached hydrogens (tertiary/aromatic N) is 1. The topological polar surface area (TPSA) is 20.3 Å². The van der Waals surface area contributed by atoms with Gasteiger partial charge in [0.05, 0.1) is 5.25 Å². The van der Waals surface area contributed by atoms with E-state index in [0.29, 0.717) is 5.25 Å². The summed E-state index contributed by atoms with van der Waals surface area (Å²) in [6.07, 6.45) is 4.35. The van der Waals surface area contributed by atoms with Crippen molar-refractivity contribution in [1.82, 2.24) is 4.90 Å². The lowest BCUT2D eigenvalue weighted by Crippen LogP contribution is -2.52. The number of likely N-dealkylation sites (tertiary alicyclic amines) is 1. The third-order valence-electron chi connectivity index (χ3n) is 2.22. The summed E-state index contributed by atoms with van der Waals surface area (Å²) in [7, 11) is -0.591. The smallest absolute Gasteiger partial charge is 0.0599 e. The van der Waals surface area contributed by atoms with Crippen molar-refractivity contribution in [2.45, 2.75) is 25.0 Å². The molecule has 0 amide bonds. The predicted octanol–water partition coefficient (Wildman–Crippen LogP) is 0.849. The van der Waals surface area contributed by atoms with Gasteiger partial charge in [-0.05, 0) is 13.0 Å². The van der Waals surface area contributed by atoms with Crippen molar-refractivity contribution in [3.05, 3.63) is 0 Å². The van der Waals surface area contributed by atoms with Crippen LogP contribution in [0.1, 0.15) is 19.8 Å². The normalized spacial score (nSPS) is 23.1. The molecule has 1 aliphatic heterocycles. The average molecular weight is 175 g/mol. The second kappa shape index (κ2) is 4.21. The molecule has 0 aromatic rings. The molecule has 0 N–H and O–H groups in total. The van der Waals surface area contributed by atoms with E-state index in [1.807, 2.05) is 6.26 Å². The molecule has 0 aromatic heterocycles. The van der Waals surface area contributed by atoms with E-state index >= 15 is 0 Å². The van der Waals surface area contributed by atoms with Crippen LogP contribution in [-0.4, -0.2) is 40.2 Å². The molecule has 1 rings (SSSR count). The van der Waals surface area contributed by atoms with Crippen LogP contribution < -0.4 is 0 Å². The maximum atomic E-state index is 10.9. The quantitative estimate of drug-likeness (QED) is 0.631. The summed E-state index contributed by atoms with van der Waals surface area (Å²) in [4.78, 5) is 2.38. The molecule has 1 unspecified atom stereocenters. The van der Waals surface area contributed by atoms with Crippen molar-refractivity contribution in [3.63, 3.8) is 0 Å². The molecule has 0 bridgehead atoms. The molecule has 0 saturated carbocycles. The molecule has 1 heterocycles. The maximum Gasteiger partial charge on any atom is 0.0599 e. The Morgan fingerprint density at radius 2 is 2.18 bits per heavy atom. The van der Waals surface area contributed by atoms with Gasteiger partial charge in [-0.3, -0.25) is 4.21 Å². The minimum absolute atomic E-state index is 0.465. The van der Waals surface area contributed by atoms with Crippen LogP contribution in [0, 0.1) is 0 Å². The second-order valence-corrected chi connectivity index (χ2v) is 4.90. The molecule has 0 radical (unpaired) electrons. The highest BCUT2D eigenvalue weighted by Crippen LogP contribution is 2.13. The third kappa shape index (κ3) is 2.56. The highest BCUT2D eigenvalue weighted by atomic mass is 32.2. The largest absolute Gasteiger partial charge is 0.301 e. The molecule has 1 fully saturated rings. The van der Waals surface area contributed by atoms with Crippen LogP contribution in [0.4, 0.5) is 0 Å². The Balaban J connectivity index is 2.05. The molecule has 1 aliphatic rings. The number of hydrogen-bond donors (Lipinski definition) is 0. The van der Waals surface area contributed by atoms with E-state index in [0.717, 1.165) is 13.1 Å². The van der Waals surface area contributed by atoms with E-state index in [-0.39, 0.29) is 0 Å². The number of unbranched alkanes of at least 4 members (excludes halogenated alkanes) is 1. The van der Waals surface area contributed by atoms with Gasteiger partial charge in [0.2, 0.25) is 0 Å². The summed E-state index contributed by atoms with van der Waals surface area (Å²) in [6, 6.07) is 0. The molecular weight excluding hydrogens is 158 g/mol. The Kier molecular flexibility index (Phi) is 3.52. The van der Waals surface area contributed by atoms with Crippen LogP contribution in [0.15, 0.2) is 0 Å². The van der Waals surface area contributed by atoms with Crippen LogP contribution in [0.3, 0.4) is 0 Å². The first-order valence-corrected chi connectivity index (χ1v) is 5.90. The molecule has 1 atom stereocenters. The van der Waals surface area contributed by atoms with Crippen LogP contribution in [0.25, 0.3) is 0 Å². The first kappa shape index (κ1) is 9.20. The summed E-state index contributed by atoms with van der Waals surface area (Å²) in [5, 5.41) is 0.465. The Hall–Kier alpha value is 0.110. The second-order valence-electron chi connectivity index (χ2n) is 3.23. The molecular formula is C8H17NOS. The van der Waals surface area contributed by atoms with Crippen LogP contribution >= 0.6 is 0 Å². The van der Waals surface area contributed by atoms with Crippen LogP contribution in [0.5, 0.6) is 0 Å². The SMILES string of the molecule is CCCCN1CC(S(C)=O)C1. The van der Waals surface area contributed by atoms with E-state index in [9.17, 15) is 4.21 Å². The van der Waals surface area contributed by atoms with Gasteiger partial charge in [0.25, 0.3) is 0 Å². The van der Waals surface area contributed by atoms with Gasteiger partial charge < -0.3 is 4.90 Å². The molecule has 0 aliphatic carbocycles. The Morgan fingerprint density at radius 1 is 1.55 bits per heavy atom. The van der Waals surface area contributed by atoms with Crippen molar-refractivity contribution in [2.24, 2.45) is 0 Å². The summed E-state index contributed by atoms with van der Waals surface area (Å²) in [5.74, 6) is 0. The Morgan fingerprint density at radius 3 is 2.64 bits per heavy atom. The van der Waals surface area contributed by atoms with Gasteiger partial charge in [-0.1, -0.05) is 13.3 Å². The fourth-order valence-electron chi connectivity index (χ4n) is 1.30. The van der Waals surface area contributed by atoms with Crippen LogP contribution in [0.2, 0.25) is 0 Å². The lowest BCUT2D eigenvalue weighted by molar-refractivity contribution is 0.185. The fraction of sp³-hybridized carbons (Fsp3) is 1.00. The van der Waals surface area contributed by atoms with Gasteiger partial charge in [-0.2, -0.15) is 0 Å². The van der Waals surface area contributed by atoms with Gasteiger partial charge >= 0.3 is 0 Å². The van der Waals surface area contributed by atoms with Gasteiger partial charge in [-0.15, -0.1) is 0 Å². The monoisotopic (exact) mass is 175 g/mol. The third-order valence-corrected chi connectivity index (χ3v) is 3.46. The highest BCUT2D eigenvalue weighted by molar-refractivity contribution is 7.85. The van der Waals surface area contributed by atoms with Gasteiger partial charge in [0, 0.05) is 30.1 Å². The number of hydrogen-bond acceptors (Lipinski definition) is 2. The molecule has 11 heavy (non-hydrogen) atoms. The zero-order valence-corrected chi connectivity index (χ0v) is 8.19. The molecule has 1 saturated heterocycles. The van der Waals surface area contributed by atoms with Crippen molar-refractivity contribution >= 4 is 10.8 Å². The summed E-state index contributed by atoms with van der Waals surface area (Å²) in [5.41, 5.74) is 0. The van der Waals surface area contributed by atoms with E-state index in [4.69, 9.17) is 0 Å². The molecule has 66 valence electrons. The van der Waals surface area contributed by atoms with E-state index in [1.165, 1.54) is 19.4 Å². The van der Waals surface area contributed by atoms with Gasteiger partial charge in [0.1, 0.15) is 0 Å². The lowest BCUT2D eigenvalue weighted by Gasteiger charge is -2.37. The average Bonchev–Trinajstić information content (AvgIpc) is 1.84. The zero-order valence-electron chi connectivity index (χ0n) is 7.38. The standard InChI is InChI=1S/C8H17NOS/c1-3-4-5-9-6-8(7-9)11(2)10/h8H,3-7H2,1-2H3. The van der Waals surface area contributed by atoms with E-state index in [1.54, 1.807) is 0 Å².